The first kappa shape index (κ1) is 14.8. The second-order valence-electron chi connectivity index (χ2n) is 5.83. The third-order valence-corrected chi connectivity index (χ3v) is 4.54. The number of aromatic nitrogens is 1. The van der Waals surface area contributed by atoms with Gasteiger partial charge in [-0.25, -0.2) is 4.98 Å². The zero-order chi connectivity index (χ0) is 14.7. The molecule has 1 heterocycles. The largest absolute Gasteiger partial charge is 0.373 e. The average molecular weight is 275 g/mol. The van der Waals surface area contributed by atoms with Crippen molar-refractivity contribution in [2.75, 3.05) is 12.4 Å². The van der Waals surface area contributed by atoms with Crippen LogP contribution >= 0.6 is 0 Å². The maximum absolute atomic E-state index is 12.4. The number of rotatable bonds is 4. The second kappa shape index (κ2) is 6.25. The van der Waals surface area contributed by atoms with Crippen molar-refractivity contribution >= 4 is 11.7 Å². The standard InChI is InChI=1S/C16H25N3O/c1-5-13-8-12(9-15(17-4)18-13)16(20)19-14-7-6-10(2)11(14)3/h8-11,14H,5-7H2,1-4H3,(H,17,18)(H,19,20). The van der Waals surface area contributed by atoms with Gasteiger partial charge in [0.05, 0.1) is 0 Å². The summed E-state index contributed by atoms with van der Waals surface area (Å²) >= 11 is 0. The minimum absolute atomic E-state index is 0.0181. The number of nitrogens with one attached hydrogen (secondary N) is 2. The summed E-state index contributed by atoms with van der Waals surface area (Å²) in [7, 11) is 1.82. The van der Waals surface area contributed by atoms with E-state index in [9.17, 15) is 4.79 Å². The van der Waals surface area contributed by atoms with Gasteiger partial charge < -0.3 is 10.6 Å². The van der Waals surface area contributed by atoms with Gasteiger partial charge in [0.1, 0.15) is 5.82 Å². The lowest BCUT2D eigenvalue weighted by molar-refractivity contribution is 0.0927. The molecule has 0 saturated heterocycles. The van der Waals surface area contributed by atoms with Gasteiger partial charge in [-0.2, -0.15) is 0 Å². The molecule has 2 rings (SSSR count). The van der Waals surface area contributed by atoms with Crippen LogP contribution in [0.15, 0.2) is 12.1 Å². The van der Waals surface area contributed by atoms with Crippen LogP contribution in [0.3, 0.4) is 0 Å². The molecule has 1 aromatic heterocycles. The highest BCUT2D eigenvalue weighted by Gasteiger charge is 2.30. The fraction of sp³-hybridized carbons (Fsp3) is 0.625. The smallest absolute Gasteiger partial charge is 0.251 e. The van der Waals surface area contributed by atoms with Gasteiger partial charge in [0.2, 0.25) is 0 Å². The van der Waals surface area contributed by atoms with Crippen molar-refractivity contribution < 1.29 is 4.79 Å². The first-order valence-electron chi connectivity index (χ1n) is 7.54. The molecule has 1 saturated carbocycles. The molecule has 110 valence electrons. The highest BCUT2D eigenvalue weighted by Crippen LogP contribution is 2.31. The molecule has 3 atom stereocenters. The molecule has 0 radical (unpaired) electrons. The van der Waals surface area contributed by atoms with Crippen LogP contribution in [0.4, 0.5) is 5.82 Å². The van der Waals surface area contributed by atoms with E-state index < -0.39 is 0 Å². The summed E-state index contributed by atoms with van der Waals surface area (Å²) in [6.45, 7) is 6.54. The van der Waals surface area contributed by atoms with Crippen LogP contribution in [-0.2, 0) is 6.42 Å². The van der Waals surface area contributed by atoms with Crippen molar-refractivity contribution in [2.45, 2.75) is 46.1 Å². The van der Waals surface area contributed by atoms with Crippen LogP contribution in [0.2, 0.25) is 0 Å². The number of hydrogen-bond donors (Lipinski definition) is 2. The Morgan fingerprint density at radius 3 is 2.65 bits per heavy atom. The Morgan fingerprint density at radius 1 is 1.35 bits per heavy atom. The number of hydrogen-bond acceptors (Lipinski definition) is 3. The van der Waals surface area contributed by atoms with Crippen molar-refractivity contribution in [3.8, 4) is 0 Å². The van der Waals surface area contributed by atoms with Gasteiger partial charge in [-0.05, 0) is 43.2 Å². The summed E-state index contributed by atoms with van der Waals surface area (Å²) in [5, 5.41) is 6.20. The summed E-state index contributed by atoms with van der Waals surface area (Å²) in [6.07, 6.45) is 3.11. The van der Waals surface area contributed by atoms with Crippen molar-refractivity contribution in [2.24, 2.45) is 11.8 Å². The monoisotopic (exact) mass is 275 g/mol. The number of aryl methyl sites for hydroxylation is 1. The molecule has 1 amide bonds. The van der Waals surface area contributed by atoms with Crippen LogP contribution < -0.4 is 10.6 Å². The van der Waals surface area contributed by atoms with E-state index in [1.54, 1.807) is 0 Å². The van der Waals surface area contributed by atoms with E-state index in [0.29, 0.717) is 23.4 Å². The Kier molecular flexibility index (Phi) is 4.63. The van der Waals surface area contributed by atoms with Gasteiger partial charge in [0, 0.05) is 24.3 Å². The van der Waals surface area contributed by atoms with E-state index >= 15 is 0 Å². The van der Waals surface area contributed by atoms with Gasteiger partial charge in [0.25, 0.3) is 5.91 Å². The van der Waals surface area contributed by atoms with Crippen molar-refractivity contribution in [1.82, 2.24) is 10.3 Å². The lowest BCUT2D eigenvalue weighted by Gasteiger charge is -2.20. The number of pyridine rings is 1. The molecule has 20 heavy (non-hydrogen) atoms. The van der Waals surface area contributed by atoms with E-state index in [-0.39, 0.29) is 5.91 Å². The van der Waals surface area contributed by atoms with Gasteiger partial charge in [0.15, 0.2) is 0 Å². The molecular formula is C16H25N3O. The molecule has 3 unspecified atom stereocenters. The molecular weight excluding hydrogens is 250 g/mol. The fourth-order valence-corrected chi connectivity index (χ4v) is 2.85. The second-order valence-corrected chi connectivity index (χ2v) is 5.83. The van der Waals surface area contributed by atoms with Crippen LogP contribution in [-0.4, -0.2) is 24.0 Å². The molecule has 1 fully saturated rings. The number of anilines is 1. The number of amides is 1. The highest BCUT2D eigenvalue weighted by atomic mass is 16.1. The predicted molar refractivity (Wildman–Crippen MR) is 82.0 cm³/mol. The van der Waals surface area contributed by atoms with Crippen molar-refractivity contribution in [3.05, 3.63) is 23.4 Å². The first-order valence-corrected chi connectivity index (χ1v) is 7.54. The van der Waals surface area contributed by atoms with Crippen LogP contribution in [0.5, 0.6) is 0 Å². The maximum atomic E-state index is 12.4. The predicted octanol–water partition coefficient (Wildman–Crippen LogP) is 2.85. The van der Waals surface area contributed by atoms with Crippen molar-refractivity contribution in [1.29, 1.82) is 0 Å². The molecule has 4 heteroatoms. The third kappa shape index (κ3) is 3.11. The van der Waals surface area contributed by atoms with Crippen LogP contribution in [0.1, 0.15) is 49.7 Å². The Morgan fingerprint density at radius 2 is 2.10 bits per heavy atom. The maximum Gasteiger partial charge on any atom is 0.251 e. The van der Waals surface area contributed by atoms with E-state index in [4.69, 9.17) is 0 Å². The van der Waals surface area contributed by atoms with Crippen molar-refractivity contribution in [3.63, 3.8) is 0 Å². The summed E-state index contributed by atoms with van der Waals surface area (Å²) in [6, 6.07) is 4.00. The van der Waals surface area contributed by atoms with Crippen LogP contribution in [0, 0.1) is 11.8 Å². The topological polar surface area (TPSA) is 54.0 Å². The normalized spacial score (nSPS) is 25.5. The molecule has 1 aromatic rings. The highest BCUT2D eigenvalue weighted by molar-refractivity contribution is 5.95. The minimum Gasteiger partial charge on any atom is -0.373 e. The SMILES string of the molecule is CCc1cc(C(=O)NC2CCC(C)C2C)cc(NC)n1. The van der Waals surface area contributed by atoms with E-state index in [1.807, 2.05) is 26.1 Å². The van der Waals surface area contributed by atoms with E-state index in [0.717, 1.165) is 24.4 Å². The van der Waals surface area contributed by atoms with Crippen LogP contribution in [0.25, 0.3) is 0 Å². The summed E-state index contributed by atoms with van der Waals surface area (Å²) in [4.78, 5) is 16.8. The van der Waals surface area contributed by atoms with Gasteiger partial charge in [-0.3, -0.25) is 4.79 Å². The molecule has 0 aliphatic heterocycles. The number of carbonyl (C=O) groups is 1. The van der Waals surface area contributed by atoms with Gasteiger partial charge in [-0.1, -0.05) is 20.8 Å². The quantitative estimate of drug-likeness (QED) is 0.888. The fourth-order valence-electron chi connectivity index (χ4n) is 2.85. The lowest BCUT2D eigenvalue weighted by Crippen LogP contribution is -2.37. The zero-order valence-corrected chi connectivity index (χ0v) is 12.9. The number of nitrogens with zero attached hydrogens (tertiary/aromatic N) is 1. The first-order chi connectivity index (χ1) is 9.55. The zero-order valence-electron chi connectivity index (χ0n) is 12.9. The van der Waals surface area contributed by atoms with Gasteiger partial charge >= 0.3 is 0 Å². The Bertz CT molecular complexity index is 464. The molecule has 1 aliphatic carbocycles. The summed E-state index contributed by atoms with van der Waals surface area (Å²) < 4.78 is 0. The number of carbonyl (C=O) groups excluding carboxylic acids is 1. The Hall–Kier alpha value is -1.58. The Balaban J connectivity index is 2.12. The molecule has 1 aliphatic rings. The van der Waals surface area contributed by atoms with E-state index in [2.05, 4.69) is 29.5 Å². The molecule has 4 nitrogen and oxygen atoms in total. The van der Waals surface area contributed by atoms with Gasteiger partial charge in [-0.15, -0.1) is 0 Å². The van der Waals surface area contributed by atoms with E-state index in [1.165, 1.54) is 6.42 Å². The summed E-state index contributed by atoms with van der Waals surface area (Å²) in [5.41, 5.74) is 1.64. The third-order valence-electron chi connectivity index (χ3n) is 4.54. The molecule has 2 N–H and O–H groups in total. The molecule has 0 spiro atoms. The summed E-state index contributed by atoms with van der Waals surface area (Å²) in [5.74, 6) is 2.01. The lowest BCUT2D eigenvalue weighted by atomic mass is 9.97. The average Bonchev–Trinajstić information content (AvgIpc) is 2.78. The molecule has 0 bridgehead atoms. The minimum atomic E-state index is 0.0181. The Labute approximate surface area is 121 Å². The molecule has 0 aromatic carbocycles.